The zero-order valence-electron chi connectivity index (χ0n) is 19.7. The van der Waals surface area contributed by atoms with Gasteiger partial charge in [-0.3, -0.25) is 0 Å². The Labute approximate surface area is 216 Å². The fourth-order valence-electron chi connectivity index (χ4n) is 4.11. The minimum Gasteiger partial charge on any atom is -0.352 e. The highest BCUT2D eigenvalue weighted by molar-refractivity contribution is 7.20. The molecule has 0 bridgehead atoms. The molecule has 2 heterocycles. The number of nitrogens with zero attached hydrogens (tertiary/aromatic N) is 5. The van der Waals surface area contributed by atoms with Crippen LogP contribution in [0.5, 0.6) is 0 Å². The Morgan fingerprint density at radius 1 is 1.03 bits per heavy atom. The van der Waals surface area contributed by atoms with Crippen molar-refractivity contribution in [2.24, 2.45) is 0 Å². The van der Waals surface area contributed by atoms with Gasteiger partial charge in [0.25, 0.3) is 0 Å². The van der Waals surface area contributed by atoms with Gasteiger partial charge in [-0.05, 0) is 41.3 Å². The standard InChI is InChI=1S/C29H21F2N5S/c1-2-26(28-13-22-5-3-4-6-27(22)37-28)35(17-23-11-12-24(30)14-25(23)31)18-29-34-33-19-36(29)16-21-9-7-20(15-32)8-10-21/h3-14,19H,1,16-18H2. The van der Waals surface area contributed by atoms with Gasteiger partial charge in [0.05, 0.1) is 35.3 Å². The number of hydrogen-bond donors (Lipinski definition) is 0. The molecule has 37 heavy (non-hydrogen) atoms. The Kier molecular flexibility index (Phi) is 6.91. The second-order valence-electron chi connectivity index (χ2n) is 8.45. The number of nitriles is 1. The van der Waals surface area contributed by atoms with Crippen molar-refractivity contribution in [3.8, 4) is 6.07 Å². The van der Waals surface area contributed by atoms with Gasteiger partial charge in [-0.15, -0.1) is 27.3 Å². The highest BCUT2D eigenvalue weighted by Gasteiger charge is 2.20. The number of fused-ring (bicyclic) bond motifs is 1. The molecular weight excluding hydrogens is 488 g/mol. The molecule has 182 valence electrons. The van der Waals surface area contributed by atoms with Crippen molar-refractivity contribution >= 4 is 27.1 Å². The summed E-state index contributed by atoms with van der Waals surface area (Å²) in [5.74, 6) is -0.594. The van der Waals surface area contributed by atoms with E-state index in [2.05, 4.69) is 34.6 Å². The van der Waals surface area contributed by atoms with E-state index in [9.17, 15) is 8.78 Å². The lowest BCUT2D eigenvalue weighted by Crippen LogP contribution is -2.24. The van der Waals surface area contributed by atoms with Crippen LogP contribution in [-0.2, 0) is 19.6 Å². The van der Waals surface area contributed by atoms with Crippen LogP contribution in [0.4, 0.5) is 8.78 Å². The molecule has 0 aliphatic rings. The lowest BCUT2D eigenvalue weighted by Gasteiger charge is -2.26. The molecule has 0 saturated carbocycles. The number of hydrogen-bond acceptors (Lipinski definition) is 5. The van der Waals surface area contributed by atoms with Crippen molar-refractivity contribution in [2.45, 2.75) is 19.6 Å². The summed E-state index contributed by atoms with van der Waals surface area (Å²) in [7, 11) is 0. The highest BCUT2D eigenvalue weighted by Crippen LogP contribution is 2.33. The summed E-state index contributed by atoms with van der Waals surface area (Å²) < 4.78 is 31.3. The van der Waals surface area contributed by atoms with Gasteiger partial charge in [-0.25, -0.2) is 8.78 Å². The van der Waals surface area contributed by atoms with Crippen LogP contribution >= 0.6 is 11.3 Å². The highest BCUT2D eigenvalue weighted by atomic mass is 32.1. The van der Waals surface area contributed by atoms with Crippen LogP contribution in [0.3, 0.4) is 0 Å². The summed E-state index contributed by atoms with van der Waals surface area (Å²) in [4.78, 5) is 2.85. The summed E-state index contributed by atoms with van der Waals surface area (Å²) in [6.45, 7) is 4.87. The van der Waals surface area contributed by atoms with E-state index in [4.69, 9.17) is 5.26 Å². The first-order valence-corrected chi connectivity index (χ1v) is 12.3. The van der Waals surface area contributed by atoms with Gasteiger partial charge < -0.3 is 9.47 Å². The SMILES string of the molecule is C=C=C(c1cc2ccccc2s1)N(Cc1ccc(F)cc1F)Cc1nncn1Cc1ccc(C#N)cc1. The van der Waals surface area contributed by atoms with Crippen molar-refractivity contribution in [1.29, 1.82) is 5.26 Å². The molecule has 5 nitrogen and oxygen atoms in total. The van der Waals surface area contributed by atoms with E-state index in [-0.39, 0.29) is 6.54 Å². The van der Waals surface area contributed by atoms with Gasteiger partial charge in [0, 0.05) is 22.9 Å². The van der Waals surface area contributed by atoms with Crippen molar-refractivity contribution in [3.63, 3.8) is 0 Å². The van der Waals surface area contributed by atoms with Crippen LogP contribution in [-0.4, -0.2) is 19.7 Å². The molecule has 0 saturated heterocycles. The molecule has 0 N–H and O–H groups in total. The predicted molar refractivity (Wildman–Crippen MR) is 140 cm³/mol. The van der Waals surface area contributed by atoms with Crippen LogP contribution in [0, 0.1) is 23.0 Å². The molecule has 2 aromatic heterocycles. The lowest BCUT2D eigenvalue weighted by molar-refractivity contribution is 0.360. The zero-order chi connectivity index (χ0) is 25.8. The third-order valence-electron chi connectivity index (χ3n) is 5.98. The molecule has 0 amide bonds. The van der Waals surface area contributed by atoms with Crippen LogP contribution in [0.15, 0.2) is 91.4 Å². The quantitative estimate of drug-likeness (QED) is 0.224. The largest absolute Gasteiger partial charge is 0.352 e. The molecule has 5 rings (SSSR count). The summed E-state index contributed by atoms with van der Waals surface area (Å²) in [6, 6.07) is 23.1. The van der Waals surface area contributed by atoms with E-state index in [1.54, 1.807) is 29.8 Å². The van der Waals surface area contributed by atoms with Gasteiger partial charge in [-0.2, -0.15) is 5.26 Å². The van der Waals surface area contributed by atoms with E-state index in [1.165, 1.54) is 12.1 Å². The predicted octanol–water partition coefficient (Wildman–Crippen LogP) is 6.52. The normalized spacial score (nSPS) is 10.7. The number of benzene rings is 3. The molecule has 0 atom stereocenters. The van der Waals surface area contributed by atoms with E-state index in [0.29, 0.717) is 35.7 Å². The molecule has 0 unspecified atom stereocenters. The van der Waals surface area contributed by atoms with Crippen LogP contribution < -0.4 is 0 Å². The molecule has 0 fully saturated rings. The van der Waals surface area contributed by atoms with E-state index < -0.39 is 11.6 Å². The molecule has 0 radical (unpaired) electrons. The first kappa shape index (κ1) is 24.1. The minimum absolute atomic E-state index is 0.155. The second-order valence-corrected chi connectivity index (χ2v) is 9.53. The fourth-order valence-corrected chi connectivity index (χ4v) is 5.22. The van der Waals surface area contributed by atoms with E-state index in [1.807, 2.05) is 45.9 Å². The fraction of sp³-hybridized carbons (Fsp3) is 0.103. The molecule has 0 aliphatic heterocycles. The summed E-state index contributed by atoms with van der Waals surface area (Å²) >= 11 is 1.59. The molecule has 5 aromatic rings. The Balaban J connectivity index is 1.49. The van der Waals surface area contributed by atoms with Gasteiger partial charge in [0.2, 0.25) is 0 Å². The maximum atomic E-state index is 14.7. The Hall–Kier alpha value is -4.57. The van der Waals surface area contributed by atoms with Crippen LogP contribution in [0.2, 0.25) is 0 Å². The van der Waals surface area contributed by atoms with Crippen LogP contribution in [0.25, 0.3) is 15.8 Å². The molecule has 0 spiro atoms. The van der Waals surface area contributed by atoms with Gasteiger partial charge >= 0.3 is 0 Å². The van der Waals surface area contributed by atoms with Gasteiger partial charge in [0.1, 0.15) is 18.0 Å². The topological polar surface area (TPSA) is 57.7 Å². The minimum atomic E-state index is -0.626. The lowest BCUT2D eigenvalue weighted by atomic mass is 10.1. The number of rotatable bonds is 8. The van der Waals surface area contributed by atoms with Crippen molar-refractivity contribution in [1.82, 2.24) is 19.7 Å². The van der Waals surface area contributed by atoms with Crippen molar-refractivity contribution in [3.05, 3.63) is 130 Å². The summed E-state index contributed by atoms with van der Waals surface area (Å²) in [5, 5.41) is 18.6. The smallest absolute Gasteiger partial charge is 0.152 e. The Bertz CT molecular complexity index is 1620. The maximum Gasteiger partial charge on any atom is 0.152 e. The zero-order valence-corrected chi connectivity index (χ0v) is 20.6. The average molecular weight is 510 g/mol. The van der Waals surface area contributed by atoms with Crippen LogP contribution in [0.1, 0.15) is 27.4 Å². The third-order valence-corrected chi connectivity index (χ3v) is 7.11. The second kappa shape index (κ2) is 10.6. The first-order chi connectivity index (χ1) is 18.0. The molecular formula is C29H21F2N5S. The number of thiophene rings is 1. The van der Waals surface area contributed by atoms with Gasteiger partial charge in [-0.1, -0.05) is 43.0 Å². The molecule has 0 aliphatic carbocycles. The van der Waals surface area contributed by atoms with Gasteiger partial charge in [0.15, 0.2) is 5.82 Å². The summed E-state index contributed by atoms with van der Waals surface area (Å²) in [6.07, 6.45) is 1.64. The number of aromatic nitrogens is 3. The Morgan fingerprint density at radius 3 is 2.57 bits per heavy atom. The third kappa shape index (κ3) is 5.34. The van der Waals surface area contributed by atoms with Crippen molar-refractivity contribution in [2.75, 3.05) is 0 Å². The maximum absolute atomic E-state index is 14.7. The first-order valence-electron chi connectivity index (χ1n) is 11.5. The van der Waals surface area contributed by atoms with E-state index in [0.717, 1.165) is 26.6 Å². The van der Waals surface area contributed by atoms with E-state index >= 15 is 0 Å². The molecule has 3 aromatic carbocycles. The Morgan fingerprint density at radius 2 is 1.84 bits per heavy atom. The van der Waals surface area contributed by atoms with Crippen molar-refractivity contribution < 1.29 is 8.78 Å². The number of halogens is 2. The summed E-state index contributed by atoms with van der Waals surface area (Å²) in [5.41, 5.74) is 5.65. The molecule has 8 heteroatoms. The average Bonchev–Trinajstić information content (AvgIpc) is 3.53. The monoisotopic (exact) mass is 509 g/mol.